The lowest BCUT2D eigenvalue weighted by Crippen LogP contribution is -2.47. The van der Waals surface area contributed by atoms with Crippen LogP contribution in [0.4, 0.5) is 8.78 Å². The fraction of sp³-hybridized carbons (Fsp3) is 0.200. The van der Waals surface area contributed by atoms with Crippen molar-refractivity contribution in [1.82, 2.24) is 4.31 Å². The highest BCUT2D eigenvalue weighted by Gasteiger charge is 2.34. The summed E-state index contributed by atoms with van der Waals surface area (Å²) in [6.45, 7) is 1.67. The lowest BCUT2D eigenvalue weighted by molar-refractivity contribution is -0.121. The number of halogens is 2. The molecule has 0 fully saturated rings. The molecule has 3 rings (SSSR count). The Labute approximate surface area is 207 Å². The highest BCUT2D eigenvalue weighted by atomic mass is 32.2. The maximum atomic E-state index is 13.6. The van der Waals surface area contributed by atoms with Crippen LogP contribution in [-0.2, 0) is 21.4 Å². The van der Waals surface area contributed by atoms with E-state index in [9.17, 15) is 22.0 Å². The molecule has 0 spiro atoms. The van der Waals surface area contributed by atoms with Gasteiger partial charge in [0.1, 0.15) is 17.7 Å². The van der Waals surface area contributed by atoms with Gasteiger partial charge >= 0.3 is 0 Å². The maximum absolute atomic E-state index is 13.6. The number of nitrogens with two attached hydrogens (primary N) is 1. The van der Waals surface area contributed by atoms with Crippen molar-refractivity contribution in [2.24, 2.45) is 5.73 Å². The van der Waals surface area contributed by atoms with E-state index >= 15 is 0 Å². The number of benzene rings is 3. The molecule has 35 heavy (non-hydrogen) atoms. The number of sulfonamides is 1. The molecule has 0 saturated carbocycles. The molecule has 0 radical (unpaired) electrons. The van der Waals surface area contributed by atoms with Gasteiger partial charge < -0.3 is 5.73 Å². The zero-order valence-corrected chi connectivity index (χ0v) is 20.5. The minimum absolute atomic E-state index is 0.00264. The second-order valence-corrected chi connectivity index (χ2v) is 10.9. The maximum Gasteiger partial charge on any atom is 0.244 e. The van der Waals surface area contributed by atoms with Gasteiger partial charge in [-0.1, -0.05) is 29.8 Å². The fourth-order valence-electron chi connectivity index (χ4n) is 3.40. The Bertz CT molecular complexity index is 1320. The Morgan fingerprint density at radius 3 is 2.20 bits per heavy atom. The summed E-state index contributed by atoms with van der Waals surface area (Å²) in [7, 11) is -4.15. The summed E-state index contributed by atoms with van der Waals surface area (Å²) in [5.74, 6) is -2.13. The Morgan fingerprint density at radius 1 is 1.06 bits per heavy atom. The van der Waals surface area contributed by atoms with E-state index in [1.165, 1.54) is 12.1 Å². The Hall–Kier alpha value is -3.26. The molecule has 1 unspecified atom stereocenters. The number of thioether (sulfide) groups is 1. The minimum Gasteiger partial charge on any atom is -0.368 e. The van der Waals surface area contributed by atoms with Gasteiger partial charge in [0, 0.05) is 23.3 Å². The first-order valence-corrected chi connectivity index (χ1v) is 13.0. The number of aryl methyl sites for hydroxylation is 1. The van der Waals surface area contributed by atoms with Crippen LogP contribution in [0.15, 0.2) is 76.5 Å². The average molecular weight is 516 g/mol. The van der Waals surface area contributed by atoms with Crippen molar-refractivity contribution in [3.8, 4) is 6.07 Å². The molecule has 2 N–H and O–H groups in total. The number of amides is 1. The first kappa shape index (κ1) is 26.3. The molecule has 0 aromatic heterocycles. The van der Waals surface area contributed by atoms with Gasteiger partial charge in [-0.15, -0.1) is 11.8 Å². The lowest BCUT2D eigenvalue weighted by Gasteiger charge is -2.29. The first-order valence-electron chi connectivity index (χ1n) is 10.6. The lowest BCUT2D eigenvalue weighted by atomic mass is 10.1. The third kappa shape index (κ3) is 6.88. The molecule has 1 atom stereocenters. The van der Waals surface area contributed by atoms with Crippen LogP contribution in [0.3, 0.4) is 0 Å². The van der Waals surface area contributed by atoms with E-state index in [0.29, 0.717) is 16.0 Å². The standard InChI is InChI=1S/C25H23F2N3O3S2/c1-17-2-8-23(9-3-17)35(32,33)30(16-19-6-4-18(15-28)5-7-19)24(25(29)31)10-11-34-22-13-20(26)12-21(27)14-22/h2-9,12-14,24H,10-11,16H2,1H3,(H2,29,31). The summed E-state index contributed by atoms with van der Waals surface area (Å²) < 4.78 is 55.2. The SMILES string of the molecule is Cc1ccc(S(=O)(=O)N(Cc2ccc(C#N)cc2)C(CCSc2cc(F)cc(F)c2)C(N)=O)cc1. The van der Waals surface area contributed by atoms with Gasteiger partial charge in [-0.2, -0.15) is 9.57 Å². The van der Waals surface area contributed by atoms with Gasteiger partial charge in [-0.05, 0) is 55.3 Å². The normalized spacial score (nSPS) is 12.3. The van der Waals surface area contributed by atoms with Crippen LogP contribution in [-0.4, -0.2) is 30.4 Å². The van der Waals surface area contributed by atoms with Gasteiger partial charge in [0.15, 0.2) is 0 Å². The summed E-state index contributed by atoms with van der Waals surface area (Å²) in [5.41, 5.74) is 7.48. The number of hydrogen-bond donors (Lipinski definition) is 1. The zero-order chi connectivity index (χ0) is 25.6. The fourth-order valence-corrected chi connectivity index (χ4v) is 5.98. The number of rotatable bonds is 10. The van der Waals surface area contributed by atoms with Crippen molar-refractivity contribution in [3.05, 3.63) is 95.1 Å². The highest BCUT2D eigenvalue weighted by molar-refractivity contribution is 7.99. The number of hydrogen-bond acceptors (Lipinski definition) is 5. The molecular weight excluding hydrogens is 492 g/mol. The minimum atomic E-state index is -4.15. The molecule has 0 aliphatic rings. The summed E-state index contributed by atoms with van der Waals surface area (Å²) in [4.78, 5) is 12.8. The van der Waals surface area contributed by atoms with Crippen LogP contribution in [0.1, 0.15) is 23.1 Å². The van der Waals surface area contributed by atoms with Crippen LogP contribution < -0.4 is 5.73 Å². The van der Waals surface area contributed by atoms with Gasteiger partial charge in [0.2, 0.25) is 15.9 Å². The van der Waals surface area contributed by atoms with Crippen LogP contribution in [0.2, 0.25) is 0 Å². The number of primary amides is 1. The number of carbonyl (C=O) groups is 1. The summed E-state index contributed by atoms with van der Waals surface area (Å²) in [5, 5.41) is 9.03. The van der Waals surface area contributed by atoms with Crippen molar-refractivity contribution >= 4 is 27.7 Å². The van der Waals surface area contributed by atoms with E-state index in [2.05, 4.69) is 0 Å². The molecule has 0 aliphatic carbocycles. The summed E-state index contributed by atoms with van der Waals surface area (Å²) in [6.07, 6.45) is 0.0134. The summed E-state index contributed by atoms with van der Waals surface area (Å²) >= 11 is 1.09. The van der Waals surface area contributed by atoms with Crippen molar-refractivity contribution in [2.45, 2.75) is 35.7 Å². The molecule has 0 aliphatic heterocycles. The van der Waals surface area contributed by atoms with Crippen LogP contribution in [0, 0.1) is 29.9 Å². The third-order valence-corrected chi connectivity index (χ3v) is 8.10. The predicted octanol–water partition coefficient (Wildman–Crippen LogP) is 4.37. The highest BCUT2D eigenvalue weighted by Crippen LogP contribution is 2.27. The molecule has 1 amide bonds. The van der Waals surface area contributed by atoms with E-state index in [4.69, 9.17) is 11.0 Å². The first-order chi connectivity index (χ1) is 16.6. The molecule has 182 valence electrons. The van der Waals surface area contributed by atoms with E-state index in [1.54, 1.807) is 36.4 Å². The van der Waals surface area contributed by atoms with Crippen LogP contribution >= 0.6 is 11.8 Å². The van der Waals surface area contributed by atoms with Gasteiger partial charge in [0.25, 0.3) is 0 Å². The number of nitriles is 1. The molecule has 0 bridgehead atoms. The van der Waals surface area contributed by atoms with Crippen molar-refractivity contribution in [2.75, 3.05) is 5.75 Å². The average Bonchev–Trinajstić information content (AvgIpc) is 2.80. The van der Waals surface area contributed by atoms with Gasteiger partial charge in [-0.3, -0.25) is 4.79 Å². The van der Waals surface area contributed by atoms with E-state index in [-0.39, 0.29) is 23.6 Å². The van der Waals surface area contributed by atoms with Gasteiger partial charge in [-0.25, -0.2) is 17.2 Å². The predicted molar refractivity (Wildman–Crippen MR) is 130 cm³/mol. The van der Waals surface area contributed by atoms with Gasteiger partial charge in [0.05, 0.1) is 16.5 Å². The number of carbonyl (C=O) groups excluding carboxylic acids is 1. The topological polar surface area (TPSA) is 104 Å². The van der Waals surface area contributed by atoms with E-state index in [1.807, 2.05) is 13.0 Å². The van der Waals surface area contributed by atoms with Crippen LogP contribution in [0.5, 0.6) is 0 Å². The van der Waals surface area contributed by atoms with Crippen molar-refractivity contribution in [3.63, 3.8) is 0 Å². The van der Waals surface area contributed by atoms with Crippen LogP contribution in [0.25, 0.3) is 0 Å². The smallest absolute Gasteiger partial charge is 0.244 e. The monoisotopic (exact) mass is 515 g/mol. The Balaban J connectivity index is 1.92. The molecule has 3 aromatic carbocycles. The second kappa shape index (κ2) is 11.4. The Morgan fingerprint density at radius 2 is 1.66 bits per heavy atom. The van der Waals surface area contributed by atoms with E-state index in [0.717, 1.165) is 39.8 Å². The van der Waals surface area contributed by atoms with Crippen molar-refractivity contribution in [1.29, 1.82) is 5.26 Å². The number of nitrogens with zero attached hydrogens (tertiary/aromatic N) is 2. The molecule has 3 aromatic rings. The second-order valence-electron chi connectivity index (χ2n) is 7.83. The molecule has 0 saturated heterocycles. The summed E-state index contributed by atoms with van der Waals surface area (Å²) in [6, 6.07) is 16.4. The van der Waals surface area contributed by atoms with Crippen molar-refractivity contribution < 1.29 is 22.0 Å². The quantitative estimate of drug-likeness (QED) is 0.404. The molecule has 0 heterocycles. The molecular formula is C25H23F2N3O3S2. The largest absolute Gasteiger partial charge is 0.368 e. The molecule has 6 nitrogen and oxygen atoms in total. The third-order valence-electron chi connectivity index (χ3n) is 5.22. The van der Waals surface area contributed by atoms with E-state index < -0.39 is 33.6 Å². The molecule has 10 heteroatoms. The Kier molecular flexibility index (Phi) is 8.62. The zero-order valence-electron chi connectivity index (χ0n) is 18.8.